The third kappa shape index (κ3) is 1.91. The largest absolute Gasteiger partial charge is 0.411 e. The van der Waals surface area contributed by atoms with Crippen molar-refractivity contribution in [2.75, 3.05) is 0 Å². The molecular weight excluding hydrogens is 164 g/mol. The van der Waals surface area contributed by atoms with Crippen LogP contribution in [0.5, 0.6) is 0 Å². The van der Waals surface area contributed by atoms with E-state index in [1.807, 2.05) is 0 Å². The van der Waals surface area contributed by atoms with Crippen LogP contribution in [0.25, 0.3) is 0 Å². The Labute approximate surface area is 69.3 Å². The first-order valence-electron chi connectivity index (χ1n) is 3.04. The molecule has 0 fully saturated rings. The minimum Gasteiger partial charge on any atom is -0.411 e. The van der Waals surface area contributed by atoms with Crippen molar-refractivity contribution in [2.45, 2.75) is 6.92 Å². The van der Waals surface area contributed by atoms with Gasteiger partial charge in [0, 0.05) is 11.3 Å². The second-order valence-electron chi connectivity index (χ2n) is 2.05. The Morgan fingerprint density at radius 3 is 2.91 bits per heavy atom. The molecule has 1 aromatic rings. The lowest BCUT2D eigenvalue weighted by molar-refractivity contribution is 0.322. The maximum absolute atomic E-state index is 8.22. The van der Waals surface area contributed by atoms with Crippen LogP contribution in [0.4, 0.5) is 0 Å². The molecule has 0 bridgehead atoms. The number of hydrogen-bond donors (Lipinski definition) is 1. The zero-order valence-corrected chi connectivity index (χ0v) is 6.71. The molecule has 1 N–H and O–H groups in total. The number of oxime groups is 1. The van der Waals surface area contributed by atoms with Gasteiger partial charge in [0.25, 0.3) is 0 Å². The van der Waals surface area contributed by atoms with Crippen molar-refractivity contribution >= 4 is 17.8 Å². The third-order valence-corrected chi connectivity index (χ3v) is 1.50. The lowest BCUT2D eigenvalue weighted by Crippen LogP contribution is -1.90. The van der Waals surface area contributed by atoms with Gasteiger partial charge in [0.05, 0.1) is 6.21 Å². The highest BCUT2D eigenvalue weighted by Crippen LogP contribution is 2.08. The summed E-state index contributed by atoms with van der Waals surface area (Å²) in [6.45, 7) is 1.79. The second kappa shape index (κ2) is 3.34. The summed E-state index contributed by atoms with van der Waals surface area (Å²) in [5.74, 6) is 0. The van der Waals surface area contributed by atoms with Crippen molar-refractivity contribution in [3.63, 3.8) is 0 Å². The van der Waals surface area contributed by atoms with Crippen LogP contribution in [0, 0.1) is 6.92 Å². The van der Waals surface area contributed by atoms with E-state index in [9.17, 15) is 0 Å². The lowest BCUT2D eigenvalue weighted by Gasteiger charge is -1.96. The van der Waals surface area contributed by atoms with Crippen molar-refractivity contribution in [3.8, 4) is 0 Å². The fourth-order valence-corrected chi connectivity index (χ4v) is 0.930. The third-order valence-electron chi connectivity index (χ3n) is 1.29. The van der Waals surface area contributed by atoms with Gasteiger partial charge in [0.2, 0.25) is 0 Å². The second-order valence-corrected chi connectivity index (χ2v) is 2.44. The molecule has 0 aliphatic heterocycles. The molecule has 0 saturated heterocycles. The van der Waals surface area contributed by atoms with Gasteiger partial charge < -0.3 is 5.21 Å². The summed E-state index contributed by atoms with van der Waals surface area (Å²) in [5.41, 5.74) is 1.51. The molecule has 11 heavy (non-hydrogen) atoms. The Hall–Kier alpha value is -1.09. The van der Waals surface area contributed by atoms with Gasteiger partial charge in [-0.05, 0) is 19.1 Å². The van der Waals surface area contributed by atoms with Crippen LogP contribution in [0.3, 0.4) is 0 Å². The molecule has 0 spiro atoms. The molecule has 0 unspecified atom stereocenters. The predicted octanol–water partition coefficient (Wildman–Crippen LogP) is 1.85. The van der Waals surface area contributed by atoms with E-state index >= 15 is 0 Å². The first-order chi connectivity index (χ1) is 5.24. The summed E-state index contributed by atoms with van der Waals surface area (Å²) >= 11 is 5.60. The van der Waals surface area contributed by atoms with Crippen molar-refractivity contribution in [2.24, 2.45) is 5.16 Å². The van der Waals surface area contributed by atoms with E-state index in [1.165, 1.54) is 6.21 Å². The minimum atomic E-state index is 0.442. The summed E-state index contributed by atoms with van der Waals surface area (Å²) in [6.07, 6.45) is 1.32. The molecule has 0 saturated carbocycles. The van der Waals surface area contributed by atoms with E-state index in [-0.39, 0.29) is 0 Å². The smallest absolute Gasteiger partial charge is 0.129 e. The highest BCUT2D eigenvalue weighted by atomic mass is 35.5. The number of rotatable bonds is 1. The van der Waals surface area contributed by atoms with E-state index in [0.717, 1.165) is 11.3 Å². The van der Waals surface area contributed by atoms with E-state index < -0.39 is 0 Å². The summed E-state index contributed by atoms with van der Waals surface area (Å²) in [5, 5.41) is 11.6. The van der Waals surface area contributed by atoms with Crippen molar-refractivity contribution in [3.05, 3.63) is 28.5 Å². The van der Waals surface area contributed by atoms with E-state index in [1.54, 1.807) is 19.1 Å². The maximum Gasteiger partial charge on any atom is 0.129 e. The summed E-state index contributed by atoms with van der Waals surface area (Å²) < 4.78 is 0. The normalized spacial score (nSPS) is 10.7. The molecule has 1 rings (SSSR count). The highest BCUT2D eigenvalue weighted by Gasteiger charge is 1.96. The average molecular weight is 171 g/mol. The number of pyridine rings is 1. The molecule has 3 nitrogen and oxygen atoms in total. The molecule has 0 amide bonds. The van der Waals surface area contributed by atoms with E-state index in [4.69, 9.17) is 16.8 Å². The van der Waals surface area contributed by atoms with Crippen LogP contribution >= 0.6 is 11.6 Å². The standard InChI is InChI=1S/C7H7ClN2O/c1-5-6(4-9-11)2-3-7(8)10-5/h2-4,11H,1H3. The number of hydrogen-bond acceptors (Lipinski definition) is 3. The molecule has 0 aromatic carbocycles. The van der Waals surface area contributed by atoms with Crippen LogP contribution in [0.1, 0.15) is 11.3 Å². The van der Waals surface area contributed by atoms with Gasteiger partial charge in [-0.1, -0.05) is 16.8 Å². The van der Waals surface area contributed by atoms with Gasteiger partial charge in [0.1, 0.15) is 5.15 Å². The van der Waals surface area contributed by atoms with Gasteiger partial charge in [-0.3, -0.25) is 0 Å². The summed E-state index contributed by atoms with van der Waals surface area (Å²) in [6, 6.07) is 3.38. The SMILES string of the molecule is Cc1nc(Cl)ccc1C=NO. The number of aromatic nitrogens is 1. The number of aryl methyl sites for hydroxylation is 1. The monoisotopic (exact) mass is 170 g/mol. The Bertz CT molecular complexity index is 286. The Morgan fingerprint density at radius 2 is 2.36 bits per heavy atom. The molecule has 0 radical (unpaired) electrons. The molecule has 0 aliphatic carbocycles. The molecule has 1 heterocycles. The molecule has 0 atom stereocenters. The van der Waals surface area contributed by atoms with Crippen molar-refractivity contribution in [1.82, 2.24) is 4.98 Å². The minimum absolute atomic E-state index is 0.442. The Morgan fingerprint density at radius 1 is 1.64 bits per heavy atom. The Kier molecular flexibility index (Phi) is 2.44. The van der Waals surface area contributed by atoms with Crippen LogP contribution in [-0.2, 0) is 0 Å². The zero-order chi connectivity index (χ0) is 8.27. The average Bonchev–Trinajstić information content (AvgIpc) is 1.95. The molecule has 1 aromatic heterocycles. The van der Waals surface area contributed by atoms with E-state index in [0.29, 0.717) is 5.15 Å². The molecule has 0 aliphatic rings. The first kappa shape index (κ1) is 8.01. The number of halogens is 1. The van der Waals surface area contributed by atoms with Gasteiger partial charge in [-0.2, -0.15) is 0 Å². The predicted molar refractivity (Wildman–Crippen MR) is 43.4 cm³/mol. The Balaban J connectivity index is 3.09. The van der Waals surface area contributed by atoms with Gasteiger partial charge in [-0.25, -0.2) is 4.98 Å². The summed E-state index contributed by atoms with van der Waals surface area (Å²) in [4.78, 5) is 3.96. The quantitative estimate of drug-likeness (QED) is 0.303. The van der Waals surface area contributed by atoms with Crippen molar-refractivity contribution < 1.29 is 5.21 Å². The summed E-state index contributed by atoms with van der Waals surface area (Å²) in [7, 11) is 0. The lowest BCUT2D eigenvalue weighted by atomic mass is 10.2. The number of nitrogens with zero attached hydrogens (tertiary/aromatic N) is 2. The maximum atomic E-state index is 8.22. The van der Waals surface area contributed by atoms with Gasteiger partial charge >= 0.3 is 0 Å². The van der Waals surface area contributed by atoms with Crippen LogP contribution in [0.15, 0.2) is 17.3 Å². The first-order valence-corrected chi connectivity index (χ1v) is 3.42. The molecular formula is C7H7ClN2O. The van der Waals surface area contributed by atoms with E-state index in [2.05, 4.69) is 10.1 Å². The molecule has 58 valence electrons. The fraction of sp³-hybridized carbons (Fsp3) is 0.143. The highest BCUT2D eigenvalue weighted by molar-refractivity contribution is 6.29. The zero-order valence-electron chi connectivity index (χ0n) is 5.95. The van der Waals surface area contributed by atoms with Crippen LogP contribution in [-0.4, -0.2) is 16.4 Å². The fourth-order valence-electron chi connectivity index (χ4n) is 0.740. The van der Waals surface area contributed by atoms with Gasteiger partial charge in [0.15, 0.2) is 0 Å². The topological polar surface area (TPSA) is 45.5 Å². The van der Waals surface area contributed by atoms with Crippen LogP contribution < -0.4 is 0 Å². The van der Waals surface area contributed by atoms with Gasteiger partial charge in [-0.15, -0.1) is 0 Å². The van der Waals surface area contributed by atoms with Crippen LogP contribution in [0.2, 0.25) is 5.15 Å². The molecule has 4 heteroatoms. The van der Waals surface area contributed by atoms with Crippen molar-refractivity contribution in [1.29, 1.82) is 0 Å².